The first-order valence-electron chi connectivity index (χ1n) is 12.3. The average Bonchev–Trinajstić information content (AvgIpc) is 2.99. The highest BCUT2D eigenvalue weighted by Crippen LogP contribution is 2.61. The Kier molecular flexibility index (Phi) is 7.11. The monoisotopic (exact) mass is 428 g/mol. The van der Waals surface area contributed by atoms with Crippen LogP contribution in [0.25, 0.3) is 0 Å². The first kappa shape index (κ1) is 24.5. The molecule has 3 aliphatic carbocycles. The second-order valence-electron chi connectivity index (χ2n) is 11.2. The van der Waals surface area contributed by atoms with E-state index in [1.165, 1.54) is 11.1 Å². The fourth-order valence-corrected chi connectivity index (χ4v) is 6.12. The Bertz CT molecular complexity index is 771. The van der Waals surface area contributed by atoms with Gasteiger partial charge in [-0.3, -0.25) is 0 Å². The molecule has 174 valence electrons. The van der Waals surface area contributed by atoms with Gasteiger partial charge in [-0.1, -0.05) is 69.7 Å². The molecule has 0 spiro atoms. The molecule has 3 heteroatoms. The number of aliphatic hydroxyl groups is 3. The van der Waals surface area contributed by atoms with E-state index in [9.17, 15) is 15.3 Å². The van der Waals surface area contributed by atoms with E-state index in [1.807, 2.05) is 32.9 Å². The Morgan fingerprint density at radius 3 is 2.52 bits per heavy atom. The molecule has 3 aliphatic rings. The van der Waals surface area contributed by atoms with Gasteiger partial charge in [0.2, 0.25) is 0 Å². The largest absolute Gasteiger partial charge is 0.393 e. The van der Waals surface area contributed by atoms with Crippen molar-refractivity contribution in [2.75, 3.05) is 0 Å². The fraction of sp³-hybridized carbons (Fsp3) is 0.714. The highest BCUT2D eigenvalue weighted by molar-refractivity contribution is 5.36. The minimum atomic E-state index is -0.861. The predicted molar refractivity (Wildman–Crippen MR) is 129 cm³/mol. The summed E-state index contributed by atoms with van der Waals surface area (Å²) < 4.78 is 0. The lowest BCUT2D eigenvalue weighted by molar-refractivity contribution is -0.100. The van der Waals surface area contributed by atoms with Crippen LogP contribution in [0.4, 0.5) is 0 Å². The highest BCUT2D eigenvalue weighted by atomic mass is 16.3. The molecule has 0 amide bonds. The maximum atomic E-state index is 11.9. The van der Waals surface area contributed by atoms with Crippen LogP contribution in [0.15, 0.2) is 47.6 Å². The average molecular weight is 429 g/mol. The quantitative estimate of drug-likeness (QED) is 0.480. The van der Waals surface area contributed by atoms with Crippen molar-refractivity contribution in [3.8, 4) is 0 Å². The lowest BCUT2D eigenvalue weighted by Gasteiger charge is -2.49. The third-order valence-corrected chi connectivity index (χ3v) is 9.01. The van der Waals surface area contributed by atoms with Crippen molar-refractivity contribution in [2.45, 2.75) is 103 Å². The van der Waals surface area contributed by atoms with E-state index >= 15 is 0 Å². The molecular formula is C28H44O3. The van der Waals surface area contributed by atoms with Crippen LogP contribution in [0.2, 0.25) is 0 Å². The fourth-order valence-electron chi connectivity index (χ4n) is 6.12. The van der Waals surface area contributed by atoms with Crippen molar-refractivity contribution in [1.29, 1.82) is 0 Å². The maximum Gasteiger partial charge on any atom is 0.0822 e. The molecule has 0 bridgehead atoms. The predicted octanol–water partition coefficient (Wildman–Crippen LogP) is 5.87. The minimum Gasteiger partial charge on any atom is -0.393 e. The molecule has 1 unspecified atom stereocenters. The van der Waals surface area contributed by atoms with Gasteiger partial charge >= 0.3 is 0 Å². The van der Waals surface area contributed by atoms with Gasteiger partial charge in [-0.25, -0.2) is 0 Å². The van der Waals surface area contributed by atoms with Crippen LogP contribution in [-0.2, 0) is 0 Å². The Hall–Kier alpha value is -1.16. The third kappa shape index (κ3) is 4.65. The normalized spacial score (nSPS) is 40.0. The van der Waals surface area contributed by atoms with Crippen molar-refractivity contribution in [3.05, 3.63) is 47.6 Å². The van der Waals surface area contributed by atoms with Crippen LogP contribution in [0.3, 0.4) is 0 Å². The second-order valence-corrected chi connectivity index (χ2v) is 11.2. The van der Waals surface area contributed by atoms with E-state index in [-0.39, 0.29) is 23.4 Å². The van der Waals surface area contributed by atoms with Crippen molar-refractivity contribution in [3.63, 3.8) is 0 Å². The van der Waals surface area contributed by atoms with Gasteiger partial charge in [-0.05, 0) is 75.7 Å². The SMILES string of the molecule is C=C1CC[C@H](O)CC1=CC=C1CCC[C@@]2(C)C1CC[C@]2(O)[C@H](C)/C=C/[C@@](C)(O)C(C)C. The van der Waals surface area contributed by atoms with Crippen molar-refractivity contribution in [2.24, 2.45) is 23.2 Å². The Morgan fingerprint density at radius 2 is 1.84 bits per heavy atom. The van der Waals surface area contributed by atoms with Crippen LogP contribution in [-0.4, -0.2) is 32.6 Å². The van der Waals surface area contributed by atoms with Crippen LogP contribution in [0, 0.1) is 23.2 Å². The summed E-state index contributed by atoms with van der Waals surface area (Å²) >= 11 is 0. The molecule has 0 aromatic heterocycles. The summed E-state index contributed by atoms with van der Waals surface area (Å²) in [5.74, 6) is 0.493. The minimum absolute atomic E-state index is 0.0151. The first-order chi connectivity index (χ1) is 14.4. The summed E-state index contributed by atoms with van der Waals surface area (Å²) in [6.45, 7) is 14.5. The highest BCUT2D eigenvalue weighted by Gasteiger charge is 2.59. The molecule has 0 aliphatic heterocycles. The summed E-state index contributed by atoms with van der Waals surface area (Å²) in [6, 6.07) is 0. The van der Waals surface area contributed by atoms with E-state index < -0.39 is 11.2 Å². The van der Waals surface area contributed by atoms with Crippen LogP contribution in [0.1, 0.15) is 86.0 Å². The van der Waals surface area contributed by atoms with Crippen molar-refractivity contribution in [1.82, 2.24) is 0 Å². The lowest BCUT2D eigenvalue weighted by Crippen LogP contribution is -2.50. The summed E-state index contributed by atoms with van der Waals surface area (Å²) in [6.07, 6.45) is 15.5. The molecule has 0 heterocycles. The molecule has 0 radical (unpaired) electrons. The van der Waals surface area contributed by atoms with Gasteiger partial charge in [0, 0.05) is 11.3 Å². The Morgan fingerprint density at radius 1 is 1.13 bits per heavy atom. The molecule has 3 N–H and O–H groups in total. The van der Waals surface area contributed by atoms with Gasteiger partial charge in [0.05, 0.1) is 17.3 Å². The van der Waals surface area contributed by atoms with E-state index in [0.717, 1.165) is 50.5 Å². The standard InChI is InChI=1S/C28H44O3/c1-19(2)27(6,30)16-13-21(4)28(31)17-14-25-22(8-7-15-26(25,28)5)10-11-23-18-24(29)12-9-20(23)3/h10-11,13,16,19,21,24-25,29-31H,3,7-9,12,14-15,17-18H2,1-2,4-6H3/b16-13+,22-10?,23-11?/t21-,24+,25?,26+,27-,28+/m1/s1. The molecule has 0 saturated heterocycles. The summed E-state index contributed by atoms with van der Waals surface area (Å²) in [7, 11) is 0. The van der Waals surface area contributed by atoms with Gasteiger partial charge in [-0.15, -0.1) is 0 Å². The van der Waals surface area contributed by atoms with Gasteiger partial charge in [0.25, 0.3) is 0 Å². The van der Waals surface area contributed by atoms with E-state index in [2.05, 4.69) is 32.6 Å². The third-order valence-electron chi connectivity index (χ3n) is 9.01. The lowest BCUT2D eigenvalue weighted by atomic mass is 9.58. The number of allylic oxidation sites excluding steroid dienone is 4. The summed E-state index contributed by atoms with van der Waals surface area (Å²) in [5, 5.41) is 32.6. The molecular weight excluding hydrogens is 384 g/mol. The topological polar surface area (TPSA) is 60.7 Å². The molecule has 3 nitrogen and oxygen atoms in total. The Balaban J connectivity index is 1.83. The van der Waals surface area contributed by atoms with Gasteiger partial charge in [0.1, 0.15) is 0 Å². The smallest absolute Gasteiger partial charge is 0.0822 e. The molecule has 0 aromatic carbocycles. The first-order valence-corrected chi connectivity index (χ1v) is 12.3. The van der Waals surface area contributed by atoms with E-state index in [1.54, 1.807) is 0 Å². The van der Waals surface area contributed by atoms with Crippen LogP contribution in [0.5, 0.6) is 0 Å². The molecule has 3 rings (SSSR count). The number of aliphatic hydroxyl groups excluding tert-OH is 1. The van der Waals surface area contributed by atoms with Crippen molar-refractivity contribution < 1.29 is 15.3 Å². The molecule has 3 fully saturated rings. The summed E-state index contributed by atoms with van der Waals surface area (Å²) in [5.41, 5.74) is 1.99. The van der Waals surface area contributed by atoms with Gasteiger partial charge < -0.3 is 15.3 Å². The summed E-state index contributed by atoms with van der Waals surface area (Å²) in [4.78, 5) is 0. The molecule has 31 heavy (non-hydrogen) atoms. The van der Waals surface area contributed by atoms with Crippen LogP contribution < -0.4 is 0 Å². The zero-order valence-electron chi connectivity index (χ0n) is 20.3. The van der Waals surface area contributed by atoms with Crippen molar-refractivity contribution >= 4 is 0 Å². The van der Waals surface area contributed by atoms with E-state index in [0.29, 0.717) is 12.3 Å². The number of hydrogen-bond acceptors (Lipinski definition) is 3. The van der Waals surface area contributed by atoms with Gasteiger partial charge in [-0.2, -0.15) is 0 Å². The number of hydrogen-bond donors (Lipinski definition) is 3. The number of rotatable bonds is 5. The second kappa shape index (κ2) is 9.00. The van der Waals surface area contributed by atoms with Crippen LogP contribution >= 0.6 is 0 Å². The maximum absolute atomic E-state index is 11.9. The zero-order valence-corrected chi connectivity index (χ0v) is 20.3. The Labute approximate surface area is 189 Å². The molecule has 6 atom stereocenters. The van der Waals surface area contributed by atoms with Gasteiger partial charge in [0.15, 0.2) is 0 Å². The number of fused-ring (bicyclic) bond motifs is 1. The molecule has 0 aromatic rings. The molecule has 3 saturated carbocycles. The van der Waals surface area contributed by atoms with E-state index in [4.69, 9.17) is 0 Å². The zero-order chi connectivity index (χ0) is 23.0.